The lowest BCUT2D eigenvalue weighted by molar-refractivity contribution is -0.147. The maximum atomic E-state index is 12.7. The molecular weight excluding hydrogens is 312 g/mol. The highest BCUT2D eigenvalue weighted by Crippen LogP contribution is 2.42. The van der Waals surface area contributed by atoms with Crippen LogP contribution in [0.4, 0.5) is 0 Å². The molecule has 0 N–H and O–H groups in total. The van der Waals surface area contributed by atoms with E-state index in [1.807, 2.05) is 13.8 Å². The van der Waals surface area contributed by atoms with E-state index in [1.165, 1.54) is 34.5 Å². The van der Waals surface area contributed by atoms with E-state index in [4.69, 9.17) is 4.74 Å². The zero-order valence-corrected chi connectivity index (χ0v) is 13.8. The summed E-state index contributed by atoms with van der Waals surface area (Å²) in [5, 5.41) is 0. The van der Waals surface area contributed by atoms with Crippen LogP contribution in [0, 0.1) is 0 Å². The fourth-order valence-corrected chi connectivity index (χ4v) is 5.31. The number of pyridine rings is 1. The van der Waals surface area contributed by atoms with Crippen LogP contribution in [-0.4, -0.2) is 46.9 Å². The molecule has 0 amide bonds. The van der Waals surface area contributed by atoms with E-state index in [0.717, 1.165) is 0 Å². The number of nitrogens with zero attached hydrogens (tertiary/aromatic N) is 2. The lowest BCUT2D eigenvalue weighted by Gasteiger charge is -2.28. The minimum atomic E-state index is -3.77. The van der Waals surface area contributed by atoms with Crippen LogP contribution in [0.25, 0.3) is 0 Å². The first-order chi connectivity index (χ1) is 9.80. The first kappa shape index (κ1) is 16.3. The summed E-state index contributed by atoms with van der Waals surface area (Å²) in [5.41, 5.74) is 0. The smallest absolute Gasteiger partial charge is 0.325 e. The highest BCUT2D eigenvalue weighted by molar-refractivity contribution is 8.02. The molecule has 116 valence electrons. The van der Waals surface area contributed by atoms with Gasteiger partial charge in [-0.25, -0.2) is 8.42 Å². The van der Waals surface area contributed by atoms with Crippen LogP contribution in [0.2, 0.25) is 0 Å². The second-order valence-electron chi connectivity index (χ2n) is 5.11. The van der Waals surface area contributed by atoms with Gasteiger partial charge in [0.25, 0.3) is 0 Å². The van der Waals surface area contributed by atoms with Gasteiger partial charge in [0, 0.05) is 17.1 Å². The quantitative estimate of drug-likeness (QED) is 0.779. The molecule has 1 aromatic heterocycles. The van der Waals surface area contributed by atoms with E-state index in [9.17, 15) is 13.2 Å². The normalized spacial score (nSPS) is 22.1. The zero-order valence-electron chi connectivity index (χ0n) is 12.1. The molecule has 1 aliphatic heterocycles. The molecule has 0 saturated carbocycles. The fourth-order valence-electron chi connectivity index (χ4n) is 2.20. The van der Waals surface area contributed by atoms with Crippen LogP contribution in [0.1, 0.15) is 20.8 Å². The minimum absolute atomic E-state index is 0.0811. The van der Waals surface area contributed by atoms with E-state index >= 15 is 0 Å². The van der Waals surface area contributed by atoms with Crippen molar-refractivity contribution >= 4 is 27.8 Å². The Balaban J connectivity index is 2.40. The van der Waals surface area contributed by atoms with Crippen LogP contribution >= 0.6 is 11.8 Å². The van der Waals surface area contributed by atoms with Gasteiger partial charge in [-0.3, -0.25) is 9.78 Å². The monoisotopic (exact) mass is 330 g/mol. The Kier molecular flexibility index (Phi) is 4.60. The van der Waals surface area contributed by atoms with Crippen LogP contribution < -0.4 is 0 Å². The first-order valence-electron chi connectivity index (χ1n) is 6.53. The topological polar surface area (TPSA) is 76.6 Å². The Bertz CT molecular complexity index is 616. The third-order valence-electron chi connectivity index (χ3n) is 3.26. The minimum Gasteiger partial charge on any atom is -0.465 e. The third-order valence-corrected chi connectivity index (χ3v) is 6.59. The molecule has 0 aliphatic carbocycles. The van der Waals surface area contributed by atoms with Gasteiger partial charge in [0.2, 0.25) is 10.0 Å². The van der Waals surface area contributed by atoms with Gasteiger partial charge in [-0.05, 0) is 32.9 Å². The largest absolute Gasteiger partial charge is 0.465 e. The first-order valence-corrected chi connectivity index (χ1v) is 8.95. The lowest BCUT2D eigenvalue weighted by Crippen LogP contribution is -2.49. The molecular formula is C13H18N2O4S2. The average Bonchev–Trinajstić information content (AvgIpc) is 2.76. The molecule has 2 heterocycles. The molecule has 1 aliphatic rings. The Labute approximate surface area is 128 Å². The van der Waals surface area contributed by atoms with Crippen molar-refractivity contribution in [1.82, 2.24) is 9.29 Å². The van der Waals surface area contributed by atoms with Gasteiger partial charge in [-0.2, -0.15) is 4.31 Å². The molecule has 21 heavy (non-hydrogen) atoms. The van der Waals surface area contributed by atoms with E-state index < -0.39 is 26.8 Å². The molecule has 1 fully saturated rings. The number of rotatable bonds is 4. The van der Waals surface area contributed by atoms with E-state index in [1.54, 1.807) is 13.0 Å². The number of esters is 1. The van der Waals surface area contributed by atoms with Crippen LogP contribution in [-0.2, 0) is 19.6 Å². The third kappa shape index (κ3) is 3.07. The molecule has 8 heteroatoms. The summed E-state index contributed by atoms with van der Waals surface area (Å²) in [7, 11) is -3.77. The van der Waals surface area contributed by atoms with E-state index in [2.05, 4.69) is 4.98 Å². The molecule has 2 rings (SSSR count). The average molecular weight is 330 g/mol. The van der Waals surface area contributed by atoms with Gasteiger partial charge in [-0.1, -0.05) is 0 Å². The number of carbonyl (C=O) groups excluding carboxylic acids is 1. The van der Waals surface area contributed by atoms with Crippen molar-refractivity contribution in [2.75, 3.05) is 12.5 Å². The zero-order chi connectivity index (χ0) is 15.7. The maximum absolute atomic E-state index is 12.7. The second kappa shape index (κ2) is 5.94. The van der Waals surface area contributed by atoms with Crippen molar-refractivity contribution in [2.45, 2.75) is 36.5 Å². The van der Waals surface area contributed by atoms with Gasteiger partial charge in [0.05, 0.1) is 12.5 Å². The molecule has 1 aromatic rings. The molecule has 0 unspecified atom stereocenters. The number of hydrogen-bond acceptors (Lipinski definition) is 6. The van der Waals surface area contributed by atoms with Crippen molar-refractivity contribution in [3.05, 3.63) is 24.5 Å². The van der Waals surface area contributed by atoms with Gasteiger partial charge in [0.1, 0.15) is 10.9 Å². The van der Waals surface area contributed by atoms with Gasteiger partial charge < -0.3 is 4.74 Å². The Morgan fingerprint density at radius 2 is 2.29 bits per heavy atom. The SMILES string of the molecule is CCOC(=O)[C@H]1N(S(=O)(=O)c2cccnc2)CSC1(C)C. The highest BCUT2D eigenvalue weighted by Gasteiger charge is 2.51. The molecule has 1 saturated heterocycles. The standard InChI is InChI=1S/C13H18N2O4S2/c1-4-19-12(16)11-13(2,3)20-9-15(11)21(17,18)10-6-5-7-14-8-10/h5-8,11H,4,9H2,1-3H3/t11-/m1/s1. The second-order valence-corrected chi connectivity index (χ2v) is 8.60. The Morgan fingerprint density at radius 1 is 1.57 bits per heavy atom. The predicted octanol–water partition coefficient (Wildman–Crippen LogP) is 1.49. The summed E-state index contributed by atoms with van der Waals surface area (Å²) >= 11 is 1.42. The fraction of sp³-hybridized carbons (Fsp3) is 0.538. The summed E-state index contributed by atoms with van der Waals surface area (Å²) < 4.78 is 31.1. The van der Waals surface area contributed by atoms with E-state index in [0.29, 0.717) is 0 Å². The maximum Gasteiger partial charge on any atom is 0.325 e. The number of ether oxygens (including phenoxy) is 1. The Hall–Kier alpha value is -1.12. The van der Waals surface area contributed by atoms with Gasteiger partial charge in [-0.15, -0.1) is 11.8 Å². The van der Waals surface area contributed by atoms with Crippen LogP contribution in [0.3, 0.4) is 0 Å². The van der Waals surface area contributed by atoms with Crippen molar-refractivity contribution < 1.29 is 17.9 Å². The summed E-state index contributed by atoms with van der Waals surface area (Å²) in [6, 6.07) is 2.19. The van der Waals surface area contributed by atoms with Crippen molar-refractivity contribution in [3.63, 3.8) is 0 Å². The predicted molar refractivity (Wildman–Crippen MR) is 80.2 cm³/mol. The number of hydrogen-bond donors (Lipinski definition) is 0. The molecule has 6 nitrogen and oxygen atoms in total. The molecule has 0 spiro atoms. The number of aromatic nitrogens is 1. The number of sulfonamides is 1. The van der Waals surface area contributed by atoms with Crippen molar-refractivity contribution in [2.24, 2.45) is 0 Å². The molecule has 0 aromatic carbocycles. The Morgan fingerprint density at radius 3 is 2.86 bits per heavy atom. The van der Waals surface area contributed by atoms with Crippen LogP contribution in [0.5, 0.6) is 0 Å². The summed E-state index contributed by atoms with van der Waals surface area (Å²) in [6.45, 7) is 5.61. The summed E-state index contributed by atoms with van der Waals surface area (Å²) in [4.78, 5) is 16.1. The number of thioether (sulfide) groups is 1. The van der Waals surface area contributed by atoms with E-state index in [-0.39, 0.29) is 17.4 Å². The molecule has 1 atom stereocenters. The molecule has 0 radical (unpaired) electrons. The summed E-state index contributed by atoms with van der Waals surface area (Å²) in [5.74, 6) is -0.298. The number of carbonyl (C=O) groups is 1. The van der Waals surface area contributed by atoms with Crippen molar-refractivity contribution in [1.29, 1.82) is 0 Å². The lowest BCUT2D eigenvalue weighted by atomic mass is 10.0. The van der Waals surface area contributed by atoms with Crippen molar-refractivity contribution in [3.8, 4) is 0 Å². The van der Waals surface area contributed by atoms with Crippen LogP contribution in [0.15, 0.2) is 29.4 Å². The highest BCUT2D eigenvalue weighted by atomic mass is 32.2. The summed E-state index contributed by atoms with van der Waals surface area (Å²) in [6.07, 6.45) is 2.79. The van der Waals surface area contributed by atoms with Gasteiger partial charge >= 0.3 is 5.97 Å². The molecule has 0 bridgehead atoms. The van der Waals surface area contributed by atoms with Gasteiger partial charge in [0.15, 0.2) is 0 Å².